The number of rotatable bonds is 18. The molecule has 0 aliphatic carbocycles. The molecule has 0 saturated heterocycles. The third kappa shape index (κ3) is 18.6. The van der Waals surface area contributed by atoms with Gasteiger partial charge in [0.2, 0.25) is 0 Å². The Morgan fingerprint density at radius 3 is 0.589 bits per heavy atom. The van der Waals surface area contributed by atoms with Gasteiger partial charge in [0, 0.05) is 123 Å². The van der Waals surface area contributed by atoms with Gasteiger partial charge in [-0.1, -0.05) is 151 Å². The third-order valence-electron chi connectivity index (χ3n) is 25.4. The lowest BCUT2D eigenvalue weighted by Crippen LogP contribution is -2.32. The second-order valence-electron chi connectivity index (χ2n) is 34.9. The summed E-state index contributed by atoms with van der Waals surface area (Å²) in [6, 6.07) is 115. The fourth-order valence-corrected chi connectivity index (χ4v) is 17.3. The highest BCUT2D eigenvalue weighted by atomic mass is 16.5. The van der Waals surface area contributed by atoms with Crippen LogP contribution in [0.15, 0.2) is 346 Å². The quantitative estimate of drug-likeness (QED) is 0.0743. The van der Waals surface area contributed by atoms with Gasteiger partial charge >= 0.3 is 0 Å². The SMILES string of the molecule is CC(C)(c1ccc(O)cc1)c1ccc2c(c1)CN(c1ccc(Oc3ccc(N4COc5ccc(C(C)(C)c6ccc(O)cc6)cc5C4)cc3)cc1)CO2.CC(C)(c1ccc(O)cc1)c1ccc2c(c1)CN(c1ccc(Oc3ccc(N4COc5ccccc5C4)cc3)cc1)CO2.c1ccc2c(c1)CN(c1ccc(Oc3ccc(N4COc5ccccc5C4)cc3)cc1)CO2. The number of ether oxygens (including phenoxy) is 9. The average molecular weight is 1710 g/mol. The van der Waals surface area contributed by atoms with Crippen LogP contribution in [-0.2, 0) is 55.5 Å². The highest BCUT2D eigenvalue weighted by molar-refractivity contribution is 5.62. The van der Waals surface area contributed by atoms with Crippen LogP contribution in [-0.4, -0.2) is 55.7 Å². The summed E-state index contributed by atoms with van der Waals surface area (Å²) >= 11 is 0. The summed E-state index contributed by atoms with van der Waals surface area (Å²) in [4.78, 5) is 13.3. The Bertz CT molecular complexity index is 6180. The second-order valence-corrected chi connectivity index (χ2v) is 34.9. The molecule has 3 N–H and O–H groups in total. The zero-order chi connectivity index (χ0) is 88.2. The molecule has 0 atom stereocenters. The molecule has 129 heavy (non-hydrogen) atoms. The molecule has 0 radical (unpaired) electrons. The van der Waals surface area contributed by atoms with Gasteiger partial charge in [0.25, 0.3) is 0 Å². The third-order valence-corrected chi connectivity index (χ3v) is 25.4. The molecule has 0 spiro atoms. The van der Waals surface area contributed by atoms with E-state index in [1.165, 1.54) is 33.4 Å². The van der Waals surface area contributed by atoms with E-state index in [0.29, 0.717) is 40.4 Å². The van der Waals surface area contributed by atoms with Crippen LogP contribution >= 0.6 is 0 Å². The summed E-state index contributed by atoms with van der Waals surface area (Å²) in [6.07, 6.45) is 0. The summed E-state index contributed by atoms with van der Waals surface area (Å²) in [5.74, 6) is 11.2. The molecule has 18 heteroatoms. The van der Waals surface area contributed by atoms with Crippen molar-refractivity contribution in [2.45, 2.75) is 97.1 Å². The lowest BCUT2D eigenvalue weighted by atomic mass is 9.77. The van der Waals surface area contributed by atoms with Crippen molar-refractivity contribution >= 4 is 34.1 Å². The van der Waals surface area contributed by atoms with Crippen molar-refractivity contribution < 1.29 is 58.0 Å². The Morgan fingerprint density at radius 1 is 0.202 bits per heavy atom. The lowest BCUT2D eigenvalue weighted by Gasteiger charge is -2.33. The van der Waals surface area contributed by atoms with Gasteiger partial charge in [-0.2, -0.15) is 0 Å². The number of fused-ring (bicyclic) bond motifs is 6. The van der Waals surface area contributed by atoms with Crippen molar-refractivity contribution in [3.8, 4) is 86.2 Å². The molecule has 6 aliphatic heterocycles. The minimum Gasteiger partial charge on any atom is -0.508 e. The Balaban J connectivity index is 0.000000129. The zero-order valence-electron chi connectivity index (χ0n) is 73.1. The Morgan fingerprint density at radius 2 is 0.380 bits per heavy atom. The fourth-order valence-electron chi connectivity index (χ4n) is 17.3. The number of aromatic hydroxyl groups is 3. The van der Waals surface area contributed by atoms with Crippen molar-refractivity contribution in [1.82, 2.24) is 0 Å². The van der Waals surface area contributed by atoms with Crippen LogP contribution in [0.1, 0.15) is 108 Å². The predicted molar refractivity (Wildman–Crippen MR) is 508 cm³/mol. The van der Waals surface area contributed by atoms with Crippen molar-refractivity contribution in [2.75, 3.05) is 69.8 Å². The molecule has 21 rings (SSSR count). The second kappa shape index (κ2) is 36.0. The van der Waals surface area contributed by atoms with E-state index < -0.39 is 0 Å². The summed E-state index contributed by atoms with van der Waals surface area (Å²) < 4.78 is 54.6. The van der Waals surface area contributed by atoms with E-state index in [0.717, 1.165) is 176 Å². The number of anilines is 6. The van der Waals surface area contributed by atoms with Gasteiger partial charge in [-0.3, -0.25) is 0 Å². The molecule has 6 aliphatic rings. The first-order valence-electron chi connectivity index (χ1n) is 43.7. The lowest BCUT2D eigenvalue weighted by molar-refractivity contribution is 0.289. The maximum absolute atomic E-state index is 9.77. The van der Waals surface area contributed by atoms with Crippen LogP contribution in [0.2, 0.25) is 0 Å². The Hall–Kier alpha value is -15.3. The van der Waals surface area contributed by atoms with E-state index >= 15 is 0 Å². The van der Waals surface area contributed by atoms with Gasteiger partial charge in [-0.25, -0.2) is 0 Å². The number of nitrogens with zero attached hydrogens (tertiary/aromatic N) is 6. The normalized spacial score (nSPS) is 14.3. The standard InChI is InChI=1S/C46H44N2O5.C37H34N2O4.C28H24N2O3/c1-45(2,33-5-15-39(49)16-6-33)35-9-23-43-31(25-35)27-47(29-51-43)37-11-19-41(20-12-37)53-42-21-13-38(14-22-42)48-28-32-26-36(10-24-44(32)52-30-48)46(3,4)34-7-17-40(50)18-8-34;1-37(2,28-7-14-32(40)15-8-28)29-9-20-36-27(21-29)23-39(25-42-36)31-12-18-34(19-13-31)43-33-16-10-30(11-17-33)38-22-26-5-3-4-6-35(26)41-24-38;1-3-7-27-21(5-1)17-29(19-31-27)23-9-13-25(14-10-23)33-26-15-11-24(12-16-26)30-18-22-6-2-4-8-28(22)32-20-30/h5-26,49-50H,27-30H2,1-4H3;3-21,40H,22-25H2,1-2H3;1-16H,17-20H2. The molecule has 18 nitrogen and oxygen atoms in total. The Labute approximate surface area is 753 Å². The molecule has 0 bridgehead atoms. The predicted octanol–water partition coefficient (Wildman–Crippen LogP) is 24.7. The van der Waals surface area contributed by atoms with Crippen molar-refractivity contribution in [3.63, 3.8) is 0 Å². The van der Waals surface area contributed by atoms with Gasteiger partial charge in [0.15, 0.2) is 40.4 Å². The molecular formula is C111H102N6O12. The van der Waals surface area contributed by atoms with Crippen LogP contribution in [0.4, 0.5) is 34.1 Å². The van der Waals surface area contributed by atoms with Gasteiger partial charge < -0.3 is 87.4 Å². The molecule has 0 saturated carbocycles. The molecule has 0 aromatic heterocycles. The molecule has 15 aromatic rings. The molecule has 0 amide bonds. The minimum atomic E-state index is -0.229. The molecule has 0 unspecified atom stereocenters. The first-order chi connectivity index (χ1) is 62.8. The first-order valence-corrected chi connectivity index (χ1v) is 43.7. The van der Waals surface area contributed by atoms with Crippen LogP contribution in [0.5, 0.6) is 86.2 Å². The van der Waals surface area contributed by atoms with E-state index in [2.05, 4.69) is 217 Å². The largest absolute Gasteiger partial charge is 0.508 e. The fraction of sp³-hybridized carbons (Fsp3) is 0.189. The molecule has 15 aromatic carbocycles. The number of benzene rings is 15. The summed E-state index contributed by atoms with van der Waals surface area (Å²) in [5.41, 5.74) is 19.9. The zero-order valence-corrected chi connectivity index (χ0v) is 73.1. The topological polar surface area (TPSA) is 163 Å². The van der Waals surface area contributed by atoms with E-state index in [9.17, 15) is 15.3 Å². The van der Waals surface area contributed by atoms with Gasteiger partial charge in [-0.05, 0) is 270 Å². The van der Waals surface area contributed by atoms with Gasteiger partial charge in [0.05, 0.1) is 0 Å². The molecule has 648 valence electrons. The van der Waals surface area contributed by atoms with Crippen LogP contribution < -0.4 is 72.0 Å². The smallest absolute Gasteiger partial charge is 0.161 e. The highest BCUT2D eigenvalue weighted by Gasteiger charge is 2.32. The summed E-state index contributed by atoms with van der Waals surface area (Å²) in [6.45, 7) is 21.0. The Kier molecular flexibility index (Phi) is 23.2. The summed E-state index contributed by atoms with van der Waals surface area (Å²) in [7, 11) is 0. The minimum absolute atomic E-state index is 0.213. The molecular weight excluding hydrogens is 1610 g/mol. The number of hydrogen-bond acceptors (Lipinski definition) is 18. The maximum atomic E-state index is 9.77. The van der Waals surface area contributed by atoms with E-state index in [1.54, 1.807) is 36.4 Å². The monoisotopic (exact) mass is 1710 g/mol. The van der Waals surface area contributed by atoms with Crippen LogP contribution in [0, 0.1) is 0 Å². The van der Waals surface area contributed by atoms with Crippen molar-refractivity contribution in [1.29, 1.82) is 0 Å². The average Bonchev–Trinajstić information content (AvgIpc) is 0.771. The number of phenols is 3. The van der Waals surface area contributed by atoms with E-state index in [1.807, 2.05) is 164 Å². The number of phenolic OH excluding ortho intramolecular Hbond substituents is 3. The van der Waals surface area contributed by atoms with E-state index in [-0.39, 0.29) is 33.5 Å². The van der Waals surface area contributed by atoms with Gasteiger partial charge in [-0.15, -0.1) is 0 Å². The number of para-hydroxylation sites is 3. The highest BCUT2D eigenvalue weighted by Crippen LogP contribution is 2.44. The van der Waals surface area contributed by atoms with Gasteiger partial charge in [0.1, 0.15) is 86.2 Å². The first kappa shape index (κ1) is 83.3. The maximum Gasteiger partial charge on any atom is 0.161 e. The van der Waals surface area contributed by atoms with Crippen LogP contribution in [0.3, 0.4) is 0 Å². The molecule has 6 heterocycles. The van der Waals surface area contributed by atoms with E-state index in [4.69, 9.17) is 42.6 Å². The van der Waals surface area contributed by atoms with Crippen molar-refractivity contribution in [3.05, 3.63) is 413 Å². The van der Waals surface area contributed by atoms with Crippen molar-refractivity contribution in [2.24, 2.45) is 0 Å². The van der Waals surface area contributed by atoms with Crippen LogP contribution in [0.25, 0.3) is 0 Å². The molecule has 0 fully saturated rings. The summed E-state index contributed by atoms with van der Waals surface area (Å²) in [5, 5.41) is 29.3. The number of hydrogen-bond donors (Lipinski definition) is 3.